The van der Waals surface area contributed by atoms with Crippen molar-refractivity contribution in [3.05, 3.63) is 58.8 Å². The molecule has 0 bridgehead atoms. The molecule has 7 nitrogen and oxygen atoms in total. The minimum atomic E-state index is -0.502. The fourth-order valence-electron chi connectivity index (χ4n) is 3.43. The molecule has 168 valence electrons. The van der Waals surface area contributed by atoms with E-state index < -0.39 is 5.97 Å². The smallest absolute Gasteiger partial charge is 0.325 e. The summed E-state index contributed by atoms with van der Waals surface area (Å²) in [6, 6.07) is 11.2. The summed E-state index contributed by atoms with van der Waals surface area (Å²) in [5.74, 6) is 0.296. The van der Waals surface area contributed by atoms with Crippen molar-refractivity contribution < 1.29 is 23.8 Å². The molecule has 1 saturated heterocycles. The van der Waals surface area contributed by atoms with Gasteiger partial charge in [0, 0.05) is 0 Å². The van der Waals surface area contributed by atoms with Gasteiger partial charge in [-0.05, 0) is 72.6 Å². The summed E-state index contributed by atoms with van der Waals surface area (Å²) in [7, 11) is 4.41. The van der Waals surface area contributed by atoms with Gasteiger partial charge < -0.3 is 19.1 Å². The molecule has 2 aromatic carbocycles. The molecule has 0 spiro atoms. The normalized spacial score (nSPS) is 14.8. The van der Waals surface area contributed by atoms with Gasteiger partial charge in [-0.1, -0.05) is 19.1 Å². The number of amides is 1. The number of benzene rings is 2. The number of rotatable bonds is 7. The van der Waals surface area contributed by atoms with Crippen molar-refractivity contribution in [3.63, 3.8) is 0 Å². The number of esters is 1. The number of hydrogen-bond acceptors (Lipinski definition) is 6. The standard InChI is InChI=1S/C24H26N2O5S/c1-6-16-7-9-18(10-8-16)26-23(28)19(25(24(26)32)14-22(27)31-5)12-17-13-21(30-4)20(29-3)11-15(17)2/h7-13H,6,14H2,1-5H3/b19-12-. The van der Waals surface area contributed by atoms with Crippen molar-refractivity contribution in [2.45, 2.75) is 20.3 Å². The van der Waals surface area contributed by atoms with Crippen LogP contribution in [0.1, 0.15) is 23.6 Å². The fraction of sp³-hybridized carbons (Fsp3) is 0.292. The van der Waals surface area contributed by atoms with E-state index in [1.54, 1.807) is 26.4 Å². The van der Waals surface area contributed by atoms with Crippen molar-refractivity contribution in [3.8, 4) is 11.5 Å². The molecule has 2 aromatic rings. The molecule has 0 aliphatic carbocycles. The summed E-state index contributed by atoms with van der Waals surface area (Å²) < 4.78 is 15.6. The van der Waals surface area contributed by atoms with E-state index in [2.05, 4.69) is 6.92 Å². The molecule has 0 unspecified atom stereocenters. The minimum absolute atomic E-state index is 0.178. The lowest BCUT2D eigenvalue weighted by atomic mass is 10.1. The molecule has 32 heavy (non-hydrogen) atoms. The van der Waals surface area contributed by atoms with Crippen molar-refractivity contribution in [1.29, 1.82) is 0 Å². The third-order valence-electron chi connectivity index (χ3n) is 5.32. The van der Waals surface area contributed by atoms with Crippen LogP contribution in [-0.2, 0) is 20.7 Å². The molecule has 0 aromatic heterocycles. The summed E-state index contributed by atoms with van der Waals surface area (Å²) >= 11 is 5.60. The van der Waals surface area contributed by atoms with Gasteiger partial charge in [0.25, 0.3) is 5.91 Å². The first-order chi connectivity index (χ1) is 15.3. The zero-order valence-corrected chi connectivity index (χ0v) is 19.6. The zero-order chi connectivity index (χ0) is 23.4. The molecule has 1 aliphatic heterocycles. The summed E-state index contributed by atoms with van der Waals surface area (Å²) in [5, 5.41) is 0.217. The second-order valence-electron chi connectivity index (χ2n) is 7.20. The molecule has 0 saturated carbocycles. The molecule has 1 heterocycles. The zero-order valence-electron chi connectivity index (χ0n) is 18.8. The second-order valence-corrected chi connectivity index (χ2v) is 7.56. The van der Waals surface area contributed by atoms with Crippen LogP contribution in [0.5, 0.6) is 11.5 Å². The Morgan fingerprint density at radius 2 is 1.69 bits per heavy atom. The van der Waals surface area contributed by atoms with E-state index in [4.69, 9.17) is 26.4 Å². The van der Waals surface area contributed by atoms with Gasteiger partial charge in [0.1, 0.15) is 12.2 Å². The molecule has 0 N–H and O–H groups in total. The number of nitrogens with zero attached hydrogens (tertiary/aromatic N) is 2. The van der Waals surface area contributed by atoms with Crippen LogP contribution >= 0.6 is 12.2 Å². The van der Waals surface area contributed by atoms with Crippen LogP contribution in [-0.4, -0.2) is 49.8 Å². The first-order valence-corrected chi connectivity index (χ1v) is 10.5. The SMILES string of the molecule is CCc1ccc(N2C(=O)/C(=C/c3cc(OC)c(OC)cc3C)N(CC(=O)OC)C2=S)cc1. The van der Waals surface area contributed by atoms with E-state index in [1.165, 1.54) is 16.9 Å². The largest absolute Gasteiger partial charge is 0.493 e. The lowest BCUT2D eigenvalue weighted by molar-refractivity contribution is -0.140. The van der Waals surface area contributed by atoms with Crippen LogP contribution < -0.4 is 14.4 Å². The monoisotopic (exact) mass is 454 g/mol. The van der Waals surface area contributed by atoms with Gasteiger partial charge in [0.15, 0.2) is 16.6 Å². The second kappa shape index (κ2) is 9.82. The summed E-state index contributed by atoms with van der Waals surface area (Å²) in [5.41, 5.74) is 3.67. The van der Waals surface area contributed by atoms with E-state index in [1.807, 2.05) is 37.3 Å². The lowest BCUT2D eigenvalue weighted by Gasteiger charge is -2.19. The molecule has 1 aliphatic rings. The molecule has 1 fully saturated rings. The Kier molecular flexibility index (Phi) is 7.15. The van der Waals surface area contributed by atoms with Gasteiger partial charge in [0.2, 0.25) is 0 Å². The van der Waals surface area contributed by atoms with Crippen molar-refractivity contribution in [1.82, 2.24) is 4.90 Å². The lowest BCUT2D eigenvalue weighted by Crippen LogP contribution is -2.35. The molecular weight excluding hydrogens is 428 g/mol. The third kappa shape index (κ3) is 4.45. The van der Waals surface area contributed by atoms with Gasteiger partial charge in [-0.25, -0.2) is 0 Å². The van der Waals surface area contributed by atoms with Crippen LogP contribution in [0.15, 0.2) is 42.1 Å². The number of carbonyl (C=O) groups excluding carboxylic acids is 2. The van der Waals surface area contributed by atoms with E-state index in [0.717, 1.165) is 23.1 Å². The Morgan fingerprint density at radius 3 is 2.25 bits per heavy atom. The van der Waals surface area contributed by atoms with Gasteiger partial charge in [-0.2, -0.15) is 0 Å². The summed E-state index contributed by atoms with van der Waals surface area (Å²) in [6.07, 6.45) is 2.59. The Morgan fingerprint density at radius 1 is 1.06 bits per heavy atom. The van der Waals surface area contributed by atoms with E-state index in [-0.39, 0.29) is 23.3 Å². The van der Waals surface area contributed by atoms with Crippen LogP contribution in [0.2, 0.25) is 0 Å². The van der Waals surface area contributed by atoms with Crippen LogP contribution in [0.25, 0.3) is 6.08 Å². The molecule has 0 atom stereocenters. The maximum atomic E-state index is 13.5. The first-order valence-electron chi connectivity index (χ1n) is 10.1. The number of thiocarbonyl (C=S) groups is 1. The number of hydrogen-bond donors (Lipinski definition) is 0. The summed E-state index contributed by atoms with van der Waals surface area (Å²) in [4.78, 5) is 28.5. The fourth-order valence-corrected chi connectivity index (χ4v) is 3.79. The predicted molar refractivity (Wildman–Crippen MR) is 127 cm³/mol. The topological polar surface area (TPSA) is 68.3 Å². The Balaban J connectivity index is 2.09. The number of carbonyl (C=O) groups is 2. The molecule has 8 heteroatoms. The quantitative estimate of drug-likeness (QED) is 0.359. The Bertz CT molecular complexity index is 1080. The number of anilines is 1. The van der Waals surface area contributed by atoms with E-state index in [9.17, 15) is 9.59 Å². The highest BCUT2D eigenvalue weighted by Gasteiger charge is 2.40. The van der Waals surface area contributed by atoms with Crippen molar-refractivity contribution in [2.24, 2.45) is 0 Å². The predicted octanol–water partition coefficient (Wildman–Crippen LogP) is 3.72. The first kappa shape index (κ1) is 23.3. The molecule has 1 amide bonds. The Labute approximate surface area is 193 Å². The van der Waals surface area contributed by atoms with Gasteiger partial charge >= 0.3 is 5.97 Å². The maximum Gasteiger partial charge on any atom is 0.325 e. The van der Waals surface area contributed by atoms with Crippen molar-refractivity contribution >= 4 is 41.0 Å². The highest BCUT2D eigenvalue weighted by Crippen LogP contribution is 2.34. The van der Waals surface area contributed by atoms with Gasteiger partial charge in [-0.15, -0.1) is 0 Å². The number of ether oxygens (including phenoxy) is 3. The summed E-state index contributed by atoms with van der Waals surface area (Å²) in [6.45, 7) is 3.78. The molecular formula is C24H26N2O5S. The van der Waals surface area contributed by atoms with Crippen LogP contribution in [0.3, 0.4) is 0 Å². The van der Waals surface area contributed by atoms with Gasteiger partial charge in [0.05, 0.1) is 27.0 Å². The highest BCUT2D eigenvalue weighted by atomic mass is 32.1. The average molecular weight is 455 g/mol. The van der Waals surface area contributed by atoms with E-state index in [0.29, 0.717) is 17.2 Å². The minimum Gasteiger partial charge on any atom is -0.493 e. The molecule has 3 rings (SSSR count). The van der Waals surface area contributed by atoms with Crippen LogP contribution in [0.4, 0.5) is 5.69 Å². The Hall–Kier alpha value is -3.39. The van der Waals surface area contributed by atoms with Crippen molar-refractivity contribution in [2.75, 3.05) is 32.8 Å². The van der Waals surface area contributed by atoms with Gasteiger partial charge in [-0.3, -0.25) is 14.5 Å². The van der Waals surface area contributed by atoms with Crippen LogP contribution in [0, 0.1) is 6.92 Å². The highest BCUT2D eigenvalue weighted by molar-refractivity contribution is 7.80. The third-order valence-corrected chi connectivity index (χ3v) is 5.72. The maximum absolute atomic E-state index is 13.5. The number of aryl methyl sites for hydroxylation is 2. The van der Waals surface area contributed by atoms with E-state index >= 15 is 0 Å². The molecule has 0 radical (unpaired) electrons. The number of methoxy groups -OCH3 is 3. The average Bonchev–Trinajstić information content (AvgIpc) is 3.03.